The first-order valence-corrected chi connectivity index (χ1v) is 8.22. The first-order valence-electron chi connectivity index (χ1n) is 8.22. The van der Waals surface area contributed by atoms with Gasteiger partial charge >= 0.3 is 0 Å². The molecule has 3 rings (SSSR count). The van der Waals surface area contributed by atoms with Crippen molar-refractivity contribution >= 4 is 11.8 Å². The van der Waals surface area contributed by atoms with Crippen LogP contribution in [0.5, 0.6) is 0 Å². The number of hydrogen-bond donors (Lipinski definition) is 0. The highest BCUT2D eigenvalue weighted by Gasteiger charge is 2.52. The molecule has 1 aromatic carbocycles. The van der Waals surface area contributed by atoms with Crippen LogP contribution < -0.4 is 0 Å². The van der Waals surface area contributed by atoms with E-state index in [4.69, 9.17) is 14.2 Å². The average molecular weight is 314 g/mol. The molecule has 3 nitrogen and oxygen atoms in total. The predicted octanol–water partition coefficient (Wildman–Crippen LogP) is 4.15. The lowest BCUT2D eigenvalue weighted by Crippen LogP contribution is -2.35. The minimum absolute atomic E-state index is 0.00317. The van der Waals surface area contributed by atoms with Crippen molar-refractivity contribution in [3.8, 4) is 0 Å². The van der Waals surface area contributed by atoms with Crippen molar-refractivity contribution in [3.63, 3.8) is 0 Å². The van der Waals surface area contributed by atoms with Crippen molar-refractivity contribution in [2.24, 2.45) is 11.3 Å². The molecule has 124 valence electrons. The lowest BCUT2D eigenvalue weighted by molar-refractivity contribution is 0.00976. The molecule has 0 aliphatic carbocycles. The Morgan fingerprint density at radius 3 is 2.39 bits per heavy atom. The smallest absolute Gasteiger partial charge is 0.150 e. The normalized spacial score (nSPS) is 30.0. The molecule has 0 amide bonds. The van der Waals surface area contributed by atoms with Crippen LogP contribution in [0.3, 0.4) is 0 Å². The van der Waals surface area contributed by atoms with Crippen molar-refractivity contribution in [3.05, 3.63) is 48.6 Å². The SMILES string of the molecule is C=Cc1ccc(C(=C)OC2COC3C2OCC3C(C)(C)C)cc1. The maximum absolute atomic E-state index is 6.08. The summed E-state index contributed by atoms with van der Waals surface area (Å²) >= 11 is 0. The molecular formula is C20H26O3. The van der Waals surface area contributed by atoms with E-state index in [-0.39, 0.29) is 23.7 Å². The molecule has 2 saturated heterocycles. The summed E-state index contributed by atoms with van der Waals surface area (Å²) in [7, 11) is 0. The van der Waals surface area contributed by atoms with Crippen molar-refractivity contribution in [1.82, 2.24) is 0 Å². The maximum atomic E-state index is 6.08. The Hall–Kier alpha value is -1.58. The van der Waals surface area contributed by atoms with Crippen LogP contribution in [0.25, 0.3) is 11.8 Å². The number of benzene rings is 1. The summed E-state index contributed by atoms with van der Waals surface area (Å²) in [5, 5.41) is 0. The topological polar surface area (TPSA) is 27.7 Å². The minimum atomic E-state index is -0.0843. The van der Waals surface area contributed by atoms with Gasteiger partial charge in [0, 0.05) is 11.5 Å². The Morgan fingerprint density at radius 2 is 1.78 bits per heavy atom. The molecule has 2 aliphatic heterocycles. The van der Waals surface area contributed by atoms with Crippen LogP contribution in [0.2, 0.25) is 0 Å². The maximum Gasteiger partial charge on any atom is 0.150 e. The Morgan fingerprint density at radius 1 is 1.13 bits per heavy atom. The molecule has 0 aromatic heterocycles. The Labute approximate surface area is 138 Å². The number of fused-ring (bicyclic) bond motifs is 1. The van der Waals surface area contributed by atoms with Gasteiger partial charge in [-0.15, -0.1) is 0 Å². The summed E-state index contributed by atoms with van der Waals surface area (Å²) in [5.41, 5.74) is 2.23. The molecule has 0 radical (unpaired) electrons. The third-order valence-corrected chi connectivity index (χ3v) is 4.88. The zero-order valence-electron chi connectivity index (χ0n) is 14.2. The van der Waals surface area contributed by atoms with E-state index in [1.165, 1.54) is 0 Å². The summed E-state index contributed by atoms with van der Waals surface area (Å²) < 4.78 is 18.1. The monoisotopic (exact) mass is 314 g/mol. The van der Waals surface area contributed by atoms with Gasteiger partial charge < -0.3 is 14.2 Å². The zero-order chi connectivity index (χ0) is 16.6. The first kappa shape index (κ1) is 16.3. The summed E-state index contributed by atoms with van der Waals surface area (Å²) in [6, 6.07) is 8.01. The molecule has 23 heavy (non-hydrogen) atoms. The highest BCUT2D eigenvalue weighted by molar-refractivity contribution is 5.60. The van der Waals surface area contributed by atoms with Crippen LogP contribution in [0.15, 0.2) is 37.4 Å². The van der Waals surface area contributed by atoms with Gasteiger partial charge in [-0.3, -0.25) is 0 Å². The van der Waals surface area contributed by atoms with Gasteiger partial charge in [0.05, 0.1) is 19.3 Å². The van der Waals surface area contributed by atoms with Gasteiger partial charge in [0.1, 0.15) is 11.9 Å². The van der Waals surface area contributed by atoms with E-state index >= 15 is 0 Å². The molecule has 1 aromatic rings. The number of rotatable bonds is 4. The molecule has 2 heterocycles. The van der Waals surface area contributed by atoms with Gasteiger partial charge in [0.2, 0.25) is 0 Å². The van der Waals surface area contributed by atoms with Crippen LogP contribution in [0.1, 0.15) is 31.9 Å². The first-order chi connectivity index (χ1) is 10.9. The second-order valence-corrected chi connectivity index (χ2v) is 7.47. The second-order valence-electron chi connectivity index (χ2n) is 7.47. The number of hydrogen-bond acceptors (Lipinski definition) is 3. The van der Waals surface area contributed by atoms with Crippen molar-refractivity contribution in [2.45, 2.75) is 39.1 Å². The summed E-state index contributed by atoms with van der Waals surface area (Å²) in [6.45, 7) is 15.8. The van der Waals surface area contributed by atoms with E-state index in [1.807, 2.05) is 30.3 Å². The van der Waals surface area contributed by atoms with Crippen LogP contribution in [0.4, 0.5) is 0 Å². The van der Waals surface area contributed by atoms with Gasteiger partial charge in [-0.25, -0.2) is 0 Å². The lowest BCUT2D eigenvalue weighted by atomic mass is 9.78. The van der Waals surface area contributed by atoms with Gasteiger partial charge in [-0.1, -0.05) is 64.3 Å². The summed E-state index contributed by atoms with van der Waals surface area (Å²) in [4.78, 5) is 0. The van der Waals surface area contributed by atoms with E-state index in [2.05, 4.69) is 33.9 Å². The quantitative estimate of drug-likeness (QED) is 0.782. The lowest BCUT2D eigenvalue weighted by Gasteiger charge is -2.29. The van der Waals surface area contributed by atoms with Crippen LogP contribution in [0, 0.1) is 11.3 Å². The predicted molar refractivity (Wildman–Crippen MR) is 92.9 cm³/mol. The van der Waals surface area contributed by atoms with Crippen molar-refractivity contribution in [1.29, 1.82) is 0 Å². The molecule has 2 aliphatic rings. The molecule has 0 saturated carbocycles. The molecule has 2 fully saturated rings. The fourth-order valence-electron chi connectivity index (χ4n) is 3.36. The Balaban J connectivity index is 1.65. The highest BCUT2D eigenvalue weighted by Crippen LogP contribution is 2.42. The second kappa shape index (κ2) is 6.14. The van der Waals surface area contributed by atoms with Crippen LogP contribution in [-0.4, -0.2) is 31.5 Å². The Bertz CT molecular complexity index is 582. The molecule has 4 unspecified atom stereocenters. The molecular weight excluding hydrogens is 288 g/mol. The van der Waals surface area contributed by atoms with Crippen LogP contribution in [-0.2, 0) is 14.2 Å². The van der Waals surface area contributed by atoms with Crippen molar-refractivity contribution < 1.29 is 14.2 Å². The highest BCUT2D eigenvalue weighted by atomic mass is 16.6. The minimum Gasteiger partial charge on any atom is -0.485 e. The molecule has 3 heteroatoms. The Kier molecular flexibility index (Phi) is 4.35. The third-order valence-electron chi connectivity index (χ3n) is 4.88. The van der Waals surface area contributed by atoms with Gasteiger partial charge in [-0.05, 0) is 11.0 Å². The summed E-state index contributed by atoms with van der Waals surface area (Å²) in [5.74, 6) is 1.07. The average Bonchev–Trinajstić information content (AvgIpc) is 3.09. The third kappa shape index (κ3) is 3.22. The molecule has 4 atom stereocenters. The standard InChI is InChI=1S/C20H26O3/c1-6-14-7-9-15(10-8-14)13(2)23-17-12-22-18-16(20(3,4)5)11-21-19(17)18/h6-10,16-19H,1-2,11-12H2,3-5H3. The van der Waals surface area contributed by atoms with Gasteiger partial charge in [0.25, 0.3) is 0 Å². The van der Waals surface area contributed by atoms with E-state index in [0.717, 1.165) is 17.7 Å². The van der Waals surface area contributed by atoms with Crippen LogP contribution >= 0.6 is 0 Å². The number of ether oxygens (including phenoxy) is 3. The zero-order valence-corrected chi connectivity index (χ0v) is 14.2. The van der Waals surface area contributed by atoms with Gasteiger partial charge in [0.15, 0.2) is 6.10 Å². The molecule has 0 spiro atoms. The molecule has 0 bridgehead atoms. The fraction of sp³-hybridized carbons (Fsp3) is 0.500. The van der Waals surface area contributed by atoms with E-state index in [9.17, 15) is 0 Å². The molecule has 0 N–H and O–H groups in total. The fourth-order valence-corrected chi connectivity index (χ4v) is 3.36. The van der Waals surface area contributed by atoms with Gasteiger partial charge in [-0.2, -0.15) is 0 Å². The van der Waals surface area contributed by atoms with E-state index < -0.39 is 0 Å². The largest absolute Gasteiger partial charge is 0.485 e. The van der Waals surface area contributed by atoms with E-state index in [0.29, 0.717) is 18.3 Å². The summed E-state index contributed by atoms with van der Waals surface area (Å²) in [6.07, 6.45) is 1.86. The van der Waals surface area contributed by atoms with E-state index in [1.54, 1.807) is 0 Å². The van der Waals surface area contributed by atoms with Crippen molar-refractivity contribution in [2.75, 3.05) is 13.2 Å².